The highest BCUT2D eigenvalue weighted by Gasteiger charge is 2.33. The molecule has 1 saturated heterocycles. The second kappa shape index (κ2) is 6.84. The standard InChI is InChI=1S/C18H22FN3O3/c1-11-9-13(19)6-7-14(11)22-10-16(24)17(20-22)18(25)21-8-4-3-5-15(21)12(2)23/h6-7,9-10,12,15,23-24H,3-5,8H2,1-2H3. The predicted octanol–water partition coefficient (Wildman–Crippen LogP) is 2.40. The summed E-state index contributed by atoms with van der Waals surface area (Å²) in [7, 11) is 0. The van der Waals surface area contributed by atoms with E-state index in [4.69, 9.17) is 0 Å². The Balaban J connectivity index is 1.93. The lowest BCUT2D eigenvalue weighted by Gasteiger charge is -2.37. The van der Waals surface area contributed by atoms with Crippen LogP contribution in [0, 0.1) is 12.7 Å². The van der Waals surface area contributed by atoms with Crippen molar-refractivity contribution < 1.29 is 19.4 Å². The summed E-state index contributed by atoms with van der Waals surface area (Å²) in [5, 5.41) is 24.3. The van der Waals surface area contributed by atoms with E-state index in [1.54, 1.807) is 24.8 Å². The number of piperidine rings is 1. The fourth-order valence-electron chi connectivity index (χ4n) is 3.36. The molecule has 0 aliphatic carbocycles. The van der Waals surface area contributed by atoms with Crippen LogP contribution in [0.3, 0.4) is 0 Å². The number of nitrogens with zero attached hydrogens (tertiary/aromatic N) is 3. The van der Waals surface area contributed by atoms with Gasteiger partial charge in [0.15, 0.2) is 11.4 Å². The predicted molar refractivity (Wildman–Crippen MR) is 90.3 cm³/mol. The molecule has 6 nitrogen and oxygen atoms in total. The third kappa shape index (κ3) is 3.37. The third-order valence-electron chi connectivity index (χ3n) is 4.67. The van der Waals surface area contributed by atoms with E-state index in [-0.39, 0.29) is 23.3 Å². The van der Waals surface area contributed by atoms with Crippen LogP contribution in [0.4, 0.5) is 4.39 Å². The summed E-state index contributed by atoms with van der Waals surface area (Å²) in [5.41, 5.74) is 1.17. The molecule has 2 unspecified atom stereocenters. The fourth-order valence-corrected chi connectivity index (χ4v) is 3.36. The van der Waals surface area contributed by atoms with Crippen LogP contribution in [-0.4, -0.2) is 49.5 Å². The van der Waals surface area contributed by atoms with Crippen LogP contribution >= 0.6 is 0 Å². The maximum atomic E-state index is 13.3. The number of aromatic hydroxyl groups is 1. The van der Waals surface area contributed by atoms with Gasteiger partial charge in [-0.2, -0.15) is 5.10 Å². The highest BCUT2D eigenvalue weighted by Crippen LogP contribution is 2.26. The molecule has 0 spiro atoms. The lowest BCUT2D eigenvalue weighted by molar-refractivity contribution is 0.0274. The smallest absolute Gasteiger partial charge is 0.278 e. The first-order valence-corrected chi connectivity index (χ1v) is 8.42. The van der Waals surface area contributed by atoms with E-state index < -0.39 is 12.0 Å². The van der Waals surface area contributed by atoms with Gasteiger partial charge in [-0.25, -0.2) is 9.07 Å². The first-order chi connectivity index (χ1) is 11.9. The number of likely N-dealkylation sites (tertiary alicyclic amines) is 1. The maximum Gasteiger partial charge on any atom is 0.278 e. The van der Waals surface area contributed by atoms with Gasteiger partial charge in [-0.1, -0.05) is 0 Å². The van der Waals surface area contributed by atoms with Crippen molar-refractivity contribution in [2.45, 2.75) is 45.3 Å². The van der Waals surface area contributed by atoms with Gasteiger partial charge in [-0.05, 0) is 56.9 Å². The maximum absolute atomic E-state index is 13.3. The van der Waals surface area contributed by atoms with Gasteiger partial charge in [-0.3, -0.25) is 4.79 Å². The molecular weight excluding hydrogens is 325 g/mol. The molecule has 2 heterocycles. The minimum absolute atomic E-state index is 0.0590. The lowest BCUT2D eigenvalue weighted by Crippen LogP contribution is -2.49. The van der Waals surface area contributed by atoms with Crippen LogP contribution in [0.2, 0.25) is 0 Å². The van der Waals surface area contributed by atoms with Crippen LogP contribution in [0.1, 0.15) is 42.2 Å². The van der Waals surface area contributed by atoms with E-state index in [1.807, 2.05) is 0 Å². The topological polar surface area (TPSA) is 78.6 Å². The summed E-state index contributed by atoms with van der Waals surface area (Å²) < 4.78 is 14.6. The summed E-state index contributed by atoms with van der Waals surface area (Å²) in [6.45, 7) is 3.92. The summed E-state index contributed by atoms with van der Waals surface area (Å²) >= 11 is 0. The first-order valence-electron chi connectivity index (χ1n) is 8.42. The van der Waals surface area contributed by atoms with E-state index in [0.29, 0.717) is 17.8 Å². The Morgan fingerprint density at radius 3 is 2.84 bits per heavy atom. The van der Waals surface area contributed by atoms with Gasteiger partial charge in [0.2, 0.25) is 0 Å². The van der Waals surface area contributed by atoms with Gasteiger partial charge >= 0.3 is 0 Å². The number of aromatic nitrogens is 2. The molecule has 134 valence electrons. The molecule has 2 atom stereocenters. The Morgan fingerprint density at radius 2 is 2.16 bits per heavy atom. The molecule has 1 aliphatic rings. The average molecular weight is 347 g/mol. The number of carbonyl (C=O) groups is 1. The SMILES string of the molecule is Cc1cc(F)ccc1-n1cc(O)c(C(=O)N2CCCCC2C(C)O)n1. The molecule has 1 aromatic heterocycles. The first kappa shape index (κ1) is 17.4. The average Bonchev–Trinajstić information content (AvgIpc) is 2.95. The van der Waals surface area contributed by atoms with Gasteiger partial charge in [0, 0.05) is 6.54 Å². The molecule has 1 aliphatic heterocycles. The van der Waals surface area contributed by atoms with Crippen molar-refractivity contribution in [3.05, 3.63) is 41.5 Å². The van der Waals surface area contributed by atoms with Crippen molar-refractivity contribution >= 4 is 5.91 Å². The Bertz CT molecular complexity index is 788. The second-order valence-corrected chi connectivity index (χ2v) is 6.54. The molecule has 3 rings (SSSR count). The minimum Gasteiger partial charge on any atom is -0.504 e. The number of amides is 1. The van der Waals surface area contributed by atoms with Crippen molar-refractivity contribution in [1.29, 1.82) is 0 Å². The molecule has 2 N–H and O–H groups in total. The van der Waals surface area contributed by atoms with E-state index in [2.05, 4.69) is 5.10 Å². The van der Waals surface area contributed by atoms with Gasteiger partial charge in [0.1, 0.15) is 5.82 Å². The molecule has 25 heavy (non-hydrogen) atoms. The van der Waals surface area contributed by atoms with E-state index >= 15 is 0 Å². The third-order valence-corrected chi connectivity index (χ3v) is 4.67. The molecule has 0 bridgehead atoms. The monoisotopic (exact) mass is 347 g/mol. The van der Waals surface area contributed by atoms with Crippen LogP contribution in [-0.2, 0) is 0 Å². The van der Waals surface area contributed by atoms with E-state index in [1.165, 1.54) is 23.0 Å². The molecule has 2 aromatic rings. The highest BCUT2D eigenvalue weighted by molar-refractivity contribution is 5.95. The molecule has 1 amide bonds. The quantitative estimate of drug-likeness (QED) is 0.894. The number of aryl methyl sites for hydroxylation is 1. The lowest BCUT2D eigenvalue weighted by atomic mass is 9.97. The van der Waals surface area contributed by atoms with Crippen molar-refractivity contribution in [2.75, 3.05) is 6.54 Å². The largest absolute Gasteiger partial charge is 0.504 e. The van der Waals surface area contributed by atoms with Crippen LogP contribution in [0.15, 0.2) is 24.4 Å². The van der Waals surface area contributed by atoms with Crippen molar-refractivity contribution in [2.24, 2.45) is 0 Å². The zero-order valence-electron chi connectivity index (χ0n) is 14.3. The molecule has 7 heteroatoms. The van der Waals surface area contributed by atoms with Crippen LogP contribution in [0.25, 0.3) is 5.69 Å². The van der Waals surface area contributed by atoms with Crippen molar-refractivity contribution in [1.82, 2.24) is 14.7 Å². The summed E-state index contributed by atoms with van der Waals surface area (Å²) in [6.07, 6.45) is 3.23. The van der Waals surface area contributed by atoms with E-state index in [0.717, 1.165) is 19.3 Å². The number of aliphatic hydroxyl groups excluding tert-OH is 1. The van der Waals surface area contributed by atoms with Crippen molar-refractivity contribution in [3.8, 4) is 11.4 Å². The highest BCUT2D eigenvalue weighted by atomic mass is 19.1. The number of hydrogen-bond acceptors (Lipinski definition) is 4. The van der Waals surface area contributed by atoms with E-state index in [9.17, 15) is 19.4 Å². The molecule has 1 fully saturated rings. The van der Waals surface area contributed by atoms with Crippen molar-refractivity contribution in [3.63, 3.8) is 0 Å². The molecule has 0 saturated carbocycles. The minimum atomic E-state index is -0.646. The second-order valence-electron chi connectivity index (χ2n) is 6.54. The normalized spacial score (nSPS) is 19.0. The number of halogens is 1. The Morgan fingerprint density at radius 1 is 1.40 bits per heavy atom. The Labute approximate surface area is 145 Å². The number of hydrogen-bond donors (Lipinski definition) is 2. The number of aliphatic hydroxyl groups is 1. The fraction of sp³-hybridized carbons (Fsp3) is 0.444. The van der Waals surface area contributed by atoms with Gasteiger partial charge in [0.25, 0.3) is 5.91 Å². The molecular formula is C18H22FN3O3. The molecule has 1 aromatic carbocycles. The summed E-state index contributed by atoms with van der Waals surface area (Å²) in [4.78, 5) is 14.4. The zero-order valence-corrected chi connectivity index (χ0v) is 14.3. The Kier molecular flexibility index (Phi) is 4.76. The van der Waals surface area contributed by atoms with Gasteiger partial charge in [-0.15, -0.1) is 0 Å². The Hall–Kier alpha value is -2.41. The number of benzene rings is 1. The van der Waals surface area contributed by atoms with Gasteiger partial charge < -0.3 is 15.1 Å². The van der Waals surface area contributed by atoms with Gasteiger partial charge in [0.05, 0.1) is 24.0 Å². The number of carbonyl (C=O) groups excluding carboxylic acids is 1. The molecule has 0 radical (unpaired) electrons. The summed E-state index contributed by atoms with van der Waals surface area (Å²) in [5.74, 6) is -0.993. The zero-order chi connectivity index (χ0) is 18.1. The summed E-state index contributed by atoms with van der Waals surface area (Å²) in [6, 6.07) is 3.93. The number of rotatable bonds is 3. The van der Waals surface area contributed by atoms with Crippen LogP contribution < -0.4 is 0 Å². The van der Waals surface area contributed by atoms with Crippen LogP contribution in [0.5, 0.6) is 5.75 Å².